The van der Waals surface area contributed by atoms with E-state index in [2.05, 4.69) is 11.8 Å². The number of hydrogen-bond donors (Lipinski definition) is 2. The predicted octanol–water partition coefficient (Wildman–Crippen LogP) is 2.71. The average Bonchev–Trinajstić information content (AvgIpc) is 2.47. The van der Waals surface area contributed by atoms with Gasteiger partial charge in [-0.15, -0.1) is 0 Å². The van der Waals surface area contributed by atoms with Crippen LogP contribution < -0.4 is 4.74 Å². The minimum absolute atomic E-state index is 0.0549. The van der Waals surface area contributed by atoms with Crippen molar-refractivity contribution in [1.29, 1.82) is 0 Å². The van der Waals surface area contributed by atoms with Gasteiger partial charge in [0.05, 0.1) is 12.2 Å². The summed E-state index contributed by atoms with van der Waals surface area (Å²) in [7, 11) is 0. The van der Waals surface area contributed by atoms with E-state index in [-0.39, 0.29) is 12.4 Å². The van der Waals surface area contributed by atoms with E-state index in [0.29, 0.717) is 18.8 Å². The summed E-state index contributed by atoms with van der Waals surface area (Å²) in [6.07, 6.45) is 0.445. The van der Waals surface area contributed by atoms with Gasteiger partial charge in [0.15, 0.2) is 0 Å². The molecule has 3 nitrogen and oxygen atoms in total. The quantitative estimate of drug-likeness (QED) is 0.838. The maximum Gasteiger partial charge on any atom is 0.135 e. The number of aliphatic hydroxyl groups is 1. The second-order valence-corrected chi connectivity index (χ2v) is 4.23. The van der Waals surface area contributed by atoms with Gasteiger partial charge in [0.2, 0.25) is 0 Å². The first-order chi connectivity index (χ1) is 9.79. The number of benzene rings is 2. The fraction of sp³-hybridized carbons (Fsp3) is 0.176. The van der Waals surface area contributed by atoms with Gasteiger partial charge in [0.25, 0.3) is 0 Å². The van der Waals surface area contributed by atoms with Crippen LogP contribution in [0.25, 0.3) is 0 Å². The summed E-state index contributed by atoms with van der Waals surface area (Å²) in [6, 6.07) is 14.5. The van der Waals surface area contributed by atoms with E-state index < -0.39 is 0 Å². The van der Waals surface area contributed by atoms with Crippen molar-refractivity contribution < 1.29 is 14.9 Å². The van der Waals surface area contributed by atoms with E-state index in [0.717, 1.165) is 11.1 Å². The van der Waals surface area contributed by atoms with Crippen molar-refractivity contribution in [3.8, 4) is 23.3 Å². The molecule has 0 aliphatic heterocycles. The third-order valence-corrected chi connectivity index (χ3v) is 2.65. The molecule has 0 bridgehead atoms. The van der Waals surface area contributed by atoms with E-state index in [9.17, 15) is 5.11 Å². The minimum Gasteiger partial charge on any atom is -0.508 e. The lowest BCUT2D eigenvalue weighted by Crippen LogP contribution is -1.97. The Balaban J connectivity index is 2.08. The molecule has 2 N–H and O–H groups in total. The molecule has 0 aliphatic rings. The first kappa shape index (κ1) is 14.0. The number of para-hydroxylation sites is 1. The Morgan fingerprint density at radius 1 is 1.05 bits per heavy atom. The number of rotatable bonds is 4. The molecule has 0 amide bonds. The Bertz CT molecular complexity index is 623. The third-order valence-electron chi connectivity index (χ3n) is 2.65. The summed E-state index contributed by atoms with van der Waals surface area (Å²) in [5, 5.41) is 18.1. The zero-order valence-corrected chi connectivity index (χ0v) is 11.0. The van der Waals surface area contributed by atoms with E-state index >= 15 is 0 Å². The van der Waals surface area contributed by atoms with Gasteiger partial charge in [-0.1, -0.05) is 36.1 Å². The average molecular weight is 268 g/mol. The standard InChI is InChI=1S/C17H16O3/c18-11-4-3-8-15-7-1-2-10-17(15)20-13-14-6-5-9-16(19)12-14/h1-2,5-7,9-10,12,18-19H,4,11,13H2. The minimum atomic E-state index is 0.0549. The van der Waals surface area contributed by atoms with Gasteiger partial charge in [-0.25, -0.2) is 0 Å². The number of ether oxygens (including phenoxy) is 1. The van der Waals surface area contributed by atoms with E-state index in [1.165, 1.54) is 0 Å². The van der Waals surface area contributed by atoms with Crippen molar-refractivity contribution in [3.05, 3.63) is 59.7 Å². The van der Waals surface area contributed by atoms with Gasteiger partial charge in [-0.05, 0) is 29.8 Å². The fourth-order valence-corrected chi connectivity index (χ4v) is 1.72. The van der Waals surface area contributed by atoms with Crippen molar-refractivity contribution in [2.45, 2.75) is 13.0 Å². The first-order valence-corrected chi connectivity index (χ1v) is 6.39. The molecule has 0 spiro atoms. The molecule has 0 unspecified atom stereocenters. The van der Waals surface area contributed by atoms with E-state index in [1.54, 1.807) is 18.2 Å². The molecule has 0 radical (unpaired) electrons. The normalized spacial score (nSPS) is 9.65. The highest BCUT2D eigenvalue weighted by Gasteiger charge is 2.01. The van der Waals surface area contributed by atoms with Crippen LogP contribution in [0.1, 0.15) is 17.5 Å². The molecule has 0 atom stereocenters. The molecule has 0 saturated carbocycles. The molecule has 102 valence electrons. The van der Waals surface area contributed by atoms with Gasteiger partial charge < -0.3 is 14.9 Å². The van der Waals surface area contributed by atoms with Crippen LogP contribution >= 0.6 is 0 Å². The Hall–Kier alpha value is -2.44. The SMILES string of the molecule is OCCC#Cc1ccccc1OCc1cccc(O)c1. The van der Waals surface area contributed by atoms with Gasteiger partial charge in [-0.2, -0.15) is 0 Å². The highest BCUT2D eigenvalue weighted by atomic mass is 16.5. The third kappa shape index (κ3) is 4.04. The fourth-order valence-electron chi connectivity index (χ4n) is 1.72. The molecule has 0 fully saturated rings. The Labute approximate surface area is 118 Å². The molecular formula is C17H16O3. The number of aliphatic hydroxyl groups excluding tert-OH is 1. The van der Waals surface area contributed by atoms with Crippen LogP contribution in [0.15, 0.2) is 48.5 Å². The second kappa shape index (κ2) is 7.22. The molecule has 0 heterocycles. The Kier molecular flexibility index (Phi) is 5.05. The van der Waals surface area contributed by atoms with Crippen LogP contribution in [0, 0.1) is 11.8 Å². The van der Waals surface area contributed by atoms with Crippen LogP contribution in [-0.4, -0.2) is 16.8 Å². The van der Waals surface area contributed by atoms with Gasteiger partial charge in [-0.3, -0.25) is 0 Å². The lowest BCUT2D eigenvalue weighted by atomic mass is 10.2. The van der Waals surface area contributed by atoms with Crippen LogP contribution in [0.4, 0.5) is 0 Å². The van der Waals surface area contributed by atoms with E-state index in [1.807, 2.05) is 30.3 Å². The largest absolute Gasteiger partial charge is 0.508 e. The van der Waals surface area contributed by atoms with Gasteiger partial charge in [0, 0.05) is 6.42 Å². The van der Waals surface area contributed by atoms with Crippen LogP contribution in [0.3, 0.4) is 0 Å². The number of aromatic hydroxyl groups is 1. The topological polar surface area (TPSA) is 49.7 Å². The number of hydrogen-bond acceptors (Lipinski definition) is 3. The molecular weight excluding hydrogens is 252 g/mol. The molecule has 0 aliphatic carbocycles. The highest BCUT2D eigenvalue weighted by molar-refractivity contribution is 5.46. The lowest BCUT2D eigenvalue weighted by Gasteiger charge is -2.08. The van der Waals surface area contributed by atoms with Crippen molar-refractivity contribution in [2.24, 2.45) is 0 Å². The molecule has 2 rings (SSSR count). The monoisotopic (exact) mass is 268 g/mol. The summed E-state index contributed by atoms with van der Waals surface area (Å²) in [5.74, 6) is 6.78. The lowest BCUT2D eigenvalue weighted by molar-refractivity contribution is 0.304. The molecule has 0 saturated heterocycles. The Morgan fingerprint density at radius 3 is 2.70 bits per heavy atom. The van der Waals surface area contributed by atoms with Crippen LogP contribution in [0.2, 0.25) is 0 Å². The summed E-state index contributed by atoms with van der Waals surface area (Å²) < 4.78 is 5.73. The number of phenols is 1. The molecule has 3 heteroatoms. The first-order valence-electron chi connectivity index (χ1n) is 6.39. The van der Waals surface area contributed by atoms with Crippen molar-refractivity contribution >= 4 is 0 Å². The molecule has 20 heavy (non-hydrogen) atoms. The second-order valence-electron chi connectivity index (χ2n) is 4.23. The zero-order chi connectivity index (χ0) is 14.2. The molecule has 2 aromatic carbocycles. The number of phenolic OH excluding ortho intramolecular Hbond substituents is 1. The smallest absolute Gasteiger partial charge is 0.135 e. The molecule has 0 aromatic heterocycles. The van der Waals surface area contributed by atoms with Crippen molar-refractivity contribution in [3.63, 3.8) is 0 Å². The highest BCUT2D eigenvalue weighted by Crippen LogP contribution is 2.19. The van der Waals surface area contributed by atoms with Crippen molar-refractivity contribution in [2.75, 3.05) is 6.61 Å². The Morgan fingerprint density at radius 2 is 1.90 bits per heavy atom. The maximum absolute atomic E-state index is 9.41. The zero-order valence-electron chi connectivity index (χ0n) is 11.0. The van der Waals surface area contributed by atoms with Crippen LogP contribution in [0.5, 0.6) is 11.5 Å². The van der Waals surface area contributed by atoms with E-state index in [4.69, 9.17) is 9.84 Å². The van der Waals surface area contributed by atoms with Crippen molar-refractivity contribution in [1.82, 2.24) is 0 Å². The molecule has 2 aromatic rings. The van der Waals surface area contributed by atoms with Gasteiger partial charge in [0.1, 0.15) is 18.1 Å². The predicted molar refractivity (Wildman–Crippen MR) is 77.5 cm³/mol. The maximum atomic E-state index is 9.41. The summed E-state index contributed by atoms with van der Waals surface area (Å²) in [4.78, 5) is 0. The van der Waals surface area contributed by atoms with Crippen LogP contribution in [-0.2, 0) is 6.61 Å². The summed E-state index contributed by atoms with van der Waals surface area (Å²) in [5.41, 5.74) is 1.68. The van der Waals surface area contributed by atoms with Gasteiger partial charge >= 0.3 is 0 Å². The summed E-state index contributed by atoms with van der Waals surface area (Å²) >= 11 is 0. The summed E-state index contributed by atoms with van der Waals surface area (Å²) in [6.45, 7) is 0.423.